The van der Waals surface area contributed by atoms with Crippen molar-refractivity contribution < 1.29 is 162 Å². The molecule has 3 aliphatic heterocycles. The average Bonchev–Trinajstić information content (AvgIpc) is 0.796. The van der Waals surface area contributed by atoms with Crippen molar-refractivity contribution in [2.75, 3.05) is 78.1 Å². The molecule has 7 unspecified atom stereocenters. The normalized spacial score (nSPS) is 22.2. The number of Topliss-reactive ketones (excluding diaryl/α,β-unsaturated/α-hetero) is 2. The molecule has 0 bridgehead atoms. The molecule has 3 fully saturated rings. The molecule has 0 aliphatic carbocycles. The fraction of sp³-hybridized carbons (Fsp3) is 0.780. The predicted octanol–water partition coefficient (Wildman–Crippen LogP) is 4.23. The quantitative estimate of drug-likeness (QED) is 0.0286. The van der Waals surface area contributed by atoms with Crippen molar-refractivity contribution in [3.05, 3.63) is 0 Å². The van der Waals surface area contributed by atoms with Crippen LogP contribution in [-0.4, -0.2) is 293 Å². The van der Waals surface area contributed by atoms with Gasteiger partial charge in [-0.2, -0.15) is 0 Å². The van der Waals surface area contributed by atoms with Gasteiger partial charge in [-0.3, -0.25) is 71.9 Å². The molecule has 3 aliphatic rings. The molecule has 3 heterocycles. The molecule has 0 aromatic heterocycles. The number of rotatable bonds is 59. The van der Waals surface area contributed by atoms with Crippen molar-refractivity contribution >= 4 is 134 Å². The molecule has 0 aromatic carbocycles. The zero-order valence-corrected chi connectivity index (χ0v) is 76.6. The van der Waals surface area contributed by atoms with Crippen LogP contribution in [0.3, 0.4) is 0 Å². The van der Waals surface area contributed by atoms with E-state index in [2.05, 4.69) is 29.1 Å². The fourth-order valence-electron chi connectivity index (χ4n) is 14.0. The van der Waals surface area contributed by atoms with E-state index in [1.54, 1.807) is 11.8 Å². The van der Waals surface area contributed by atoms with Crippen LogP contribution in [0.5, 0.6) is 0 Å². The van der Waals surface area contributed by atoms with Crippen LogP contribution >= 0.6 is 7.81 Å². The van der Waals surface area contributed by atoms with Gasteiger partial charge < -0.3 is 97.2 Å². The minimum atomic E-state index is -1.32. The van der Waals surface area contributed by atoms with E-state index < -0.39 is 210 Å². The Labute approximate surface area is 737 Å². The van der Waals surface area contributed by atoms with E-state index in [1.807, 2.05) is 0 Å². The maximum absolute atomic E-state index is 14.5. The van der Waals surface area contributed by atoms with E-state index in [0.717, 1.165) is 48.5 Å². The summed E-state index contributed by atoms with van der Waals surface area (Å²) in [6.45, 7) is 15.3. The van der Waals surface area contributed by atoms with E-state index in [0.29, 0.717) is 89.9 Å². The Hall–Kier alpha value is -8.51. The van der Waals surface area contributed by atoms with Gasteiger partial charge in [0.25, 0.3) is 0 Å². The summed E-state index contributed by atoms with van der Waals surface area (Å²) in [5, 5.41) is 10.9. The van der Waals surface area contributed by atoms with Gasteiger partial charge in [-0.05, 0) is 51.4 Å². The number of hydrogen-bond acceptors (Lipinski definition) is 35. The van der Waals surface area contributed by atoms with Crippen LogP contribution in [0.4, 0.5) is 0 Å². The molecule has 40 nitrogen and oxygen atoms in total. The third kappa shape index (κ3) is 46.2. The molecule has 708 valence electrons. The summed E-state index contributed by atoms with van der Waals surface area (Å²) in [4.78, 5) is 231. The average molecular weight is 1840 g/mol. The zero-order valence-electron chi connectivity index (χ0n) is 74.0. The Balaban J connectivity index is 1.77. The number of unbranched alkanes of at least 4 members (excludes halogenated alkanes) is 10. The molecule has 125 heavy (non-hydrogen) atoms. The Bertz CT molecular complexity index is 3710. The summed E-state index contributed by atoms with van der Waals surface area (Å²) >= 11 is 5.04. The Morgan fingerprint density at radius 1 is 0.376 bits per heavy atom. The summed E-state index contributed by atoms with van der Waals surface area (Å²) in [5.41, 5.74) is 0. The second-order valence-corrected chi connectivity index (χ2v) is 34.6. The molecule has 4 N–H and O–H groups in total. The van der Waals surface area contributed by atoms with Crippen LogP contribution in [0, 0.1) is 0 Å². The van der Waals surface area contributed by atoms with Crippen LogP contribution in [0.2, 0.25) is 0 Å². The molecule has 0 spiro atoms. The fourth-order valence-corrected chi connectivity index (χ4v) is 15.2. The summed E-state index contributed by atoms with van der Waals surface area (Å²) in [7, 11) is 3.20. The molecule has 3 rings (SSSR count). The third-order valence-electron chi connectivity index (χ3n) is 19.4. The maximum atomic E-state index is 14.5. The van der Waals surface area contributed by atoms with Crippen molar-refractivity contribution in [2.24, 2.45) is 0 Å². The number of nitrogens with zero attached hydrogens (tertiary/aromatic N) is 2. The van der Waals surface area contributed by atoms with E-state index in [9.17, 15) is 86.3 Å². The van der Waals surface area contributed by atoms with Crippen molar-refractivity contribution in [1.29, 1.82) is 0 Å². The Morgan fingerprint density at radius 3 is 1.07 bits per heavy atom. The van der Waals surface area contributed by atoms with Crippen molar-refractivity contribution in [2.45, 2.75) is 336 Å². The minimum absolute atomic E-state index is 0.00321. The molecule has 0 aromatic rings. The first kappa shape index (κ1) is 111. The Morgan fingerprint density at radius 2 is 0.712 bits per heavy atom. The van der Waals surface area contributed by atoms with Crippen molar-refractivity contribution in [3.8, 4) is 0 Å². The molecule has 43 heteroatoms. The number of carbonyl (C=O) groups excluding carboxylic acids is 18. The SMILES string of the molecule is CCC(OC(=O)CCC(=O)CS(#P)=S)C(=O)N(CCCNC(=O)CCCCCCO[C@@H]1OC(COC(C)=O)[C@H](OC(C)=O)[C@H](OC(C)=O)C1NC(C)=O)CCCN(CCCCC(=O)CCCCCCO[C@@H]1OC(COC(C)=O)[C@H](OC(C)=O)[C@H](OC(C)=O)C1NC(C)=O)C(=O)CCCCCCO[C@@H]1OC(COC(C)=O)[C@H](OC(C)=O)[C@H](OC(C)=O)C1NC(C)=O. The van der Waals surface area contributed by atoms with Gasteiger partial charge in [0.1, 0.15) is 62.0 Å². The van der Waals surface area contributed by atoms with Gasteiger partial charge in [0.05, 0.1) is 0 Å². The summed E-state index contributed by atoms with van der Waals surface area (Å²) in [6.07, 6.45) is -8.39. The first-order valence-electron chi connectivity index (χ1n) is 42.4. The number of amides is 6. The first-order valence-corrected chi connectivity index (χ1v) is 45.8. The van der Waals surface area contributed by atoms with E-state index in [-0.39, 0.29) is 139 Å². The monoisotopic (exact) mass is 1840 g/mol. The number of esters is 10. The summed E-state index contributed by atoms with van der Waals surface area (Å²) in [6, 6.07) is -3.46. The number of ketones is 2. The first-order chi connectivity index (χ1) is 59.2. The second kappa shape index (κ2) is 61.0. The molecule has 3 saturated heterocycles. The summed E-state index contributed by atoms with van der Waals surface area (Å²) in [5.74, 6) is -10.3. The van der Waals surface area contributed by atoms with Gasteiger partial charge in [0, 0.05) is 148 Å². The minimum Gasteiger partial charge on any atom is -0.463 e. The van der Waals surface area contributed by atoms with Crippen molar-refractivity contribution in [1.82, 2.24) is 31.1 Å². The van der Waals surface area contributed by atoms with E-state index in [4.69, 9.17) is 87.0 Å². The smallest absolute Gasteiger partial charge is 0.463 e. The van der Waals surface area contributed by atoms with Crippen LogP contribution in [0.1, 0.15) is 238 Å². The number of ether oxygens (including phenoxy) is 16. The summed E-state index contributed by atoms with van der Waals surface area (Å²) < 4.78 is 90.8. The predicted molar refractivity (Wildman–Crippen MR) is 444 cm³/mol. The number of nitrogens with one attached hydrogen (secondary N) is 4. The third-order valence-corrected chi connectivity index (χ3v) is 20.7. The number of carbonyl (C=O) groups is 18. The Kier molecular flexibility index (Phi) is 54.0. The van der Waals surface area contributed by atoms with Gasteiger partial charge in [0.15, 0.2) is 55.5 Å². The standard InChI is InChI=1S/C82H129N6O34PS2/c1-14-63(119-69(105)36-35-62(102)48-125(123)124)79(106)88(39-29-37-83-67(103)33-22-16-19-27-43-108-81-71(85-50(3)90)77(117-59(12)99)74(114-56(9)96)65(121-81)46-111-53(6)93)41-30-40-87(68(104)34-23-17-20-28-44-109-82-72(86-51(4)91)78(118-60(13)100)75(115-57(10)97)66(122-82)47-112-54(7)94)38-25-24-32-61(101)31-21-15-18-26-42-107-80-70(84-49(2)89)76(116-58(11)98)73(113-55(8)95)64(120-80)45-110-52(5)92/h63-66,70-78,80-82H,14-48H2,1-13H3,(H,83,103)(H,84,89)(H,85,90)(H,86,91)/t63?,64?,65?,66?,70?,71?,72?,73-,74-,75-,76+,77+,78+,80+,81+,82+/m0/s1. The molecule has 0 saturated carbocycles. The molecule has 0 radical (unpaired) electrons. The molecule has 16 atom stereocenters. The van der Waals surface area contributed by atoms with Crippen LogP contribution in [-0.2, 0) is 182 Å². The second-order valence-electron chi connectivity index (χ2n) is 30.4. The molecular formula is C82H129N6O34PS2. The van der Waals surface area contributed by atoms with Crippen LogP contribution < -0.4 is 21.3 Å². The zero-order chi connectivity index (χ0) is 93.3. The van der Waals surface area contributed by atoms with Gasteiger partial charge in [-0.1, -0.05) is 38.5 Å². The van der Waals surface area contributed by atoms with E-state index in [1.165, 1.54) is 39.5 Å². The molecular weight excluding hydrogens is 1710 g/mol. The molecule has 6 amide bonds. The van der Waals surface area contributed by atoms with Crippen molar-refractivity contribution in [3.63, 3.8) is 0 Å². The van der Waals surface area contributed by atoms with Crippen LogP contribution in [0.25, 0.3) is 0 Å². The van der Waals surface area contributed by atoms with Gasteiger partial charge in [-0.25, -0.2) is 0 Å². The van der Waals surface area contributed by atoms with Gasteiger partial charge >= 0.3 is 187 Å². The van der Waals surface area contributed by atoms with Crippen LogP contribution in [0.15, 0.2) is 0 Å². The topological polar surface area (TPSA) is 510 Å². The van der Waals surface area contributed by atoms with Gasteiger partial charge in [-0.15, -0.1) is 0 Å². The van der Waals surface area contributed by atoms with Gasteiger partial charge in [0.2, 0.25) is 29.5 Å². The number of hydrogen-bond donors (Lipinski definition) is 4. The van der Waals surface area contributed by atoms with E-state index >= 15 is 0 Å².